The summed E-state index contributed by atoms with van der Waals surface area (Å²) in [6.45, 7) is 1.23. The van der Waals surface area contributed by atoms with Crippen molar-refractivity contribution in [2.75, 3.05) is 33.7 Å². The van der Waals surface area contributed by atoms with Gasteiger partial charge in [-0.05, 0) is 30.5 Å². The molecule has 1 aliphatic heterocycles. The predicted molar refractivity (Wildman–Crippen MR) is 126 cm³/mol. The third-order valence-corrected chi connectivity index (χ3v) is 8.26. The number of aromatic nitrogens is 1. The van der Waals surface area contributed by atoms with Gasteiger partial charge in [0.05, 0.1) is 11.1 Å². The summed E-state index contributed by atoms with van der Waals surface area (Å²) in [5.74, 6) is -0.173. The number of hydrogen-bond acceptors (Lipinski definition) is 4. The van der Waals surface area contributed by atoms with Crippen LogP contribution in [0.3, 0.4) is 0 Å². The van der Waals surface area contributed by atoms with Crippen LogP contribution in [0.4, 0.5) is 0 Å². The smallest absolute Gasteiger partial charge is 0.281 e. The lowest BCUT2D eigenvalue weighted by molar-refractivity contribution is 0.0934. The number of hydrogen-bond donors (Lipinski definition) is 1. The maximum atomic E-state index is 13.1. The molecule has 1 fully saturated rings. The molecule has 3 aromatic rings. The van der Waals surface area contributed by atoms with Crippen molar-refractivity contribution in [2.24, 2.45) is 0 Å². The topological polar surface area (TPSA) is 82.6 Å². The zero-order valence-electron chi connectivity index (χ0n) is 18.4. The van der Waals surface area contributed by atoms with E-state index < -0.39 is 10.2 Å². The van der Waals surface area contributed by atoms with E-state index >= 15 is 0 Å². The molecular formula is C24H28N4O3S. The molecule has 0 radical (unpaired) electrons. The van der Waals surface area contributed by atoms with Crippen molar-refractivity contribution in [3.8, 4) is 0 Å². The molecule has 0 aliphatic carbocycles. The molecule has 2 heterocycles. The molecule has 1 N–H and O–H groups in total. The van der Waals surface area contributed by atoms with Gasteiger partial charge in [-0.1, -0.05) is 48.5 Å². The summed E-state index contributed by atoms with van der Waals surface area (Å²) in [6, 6.07) is 19.4. The monoisotopic (exact) mass is 452 g/mol. The normalized spacial score (nSPS) is 16.8. The highest BCUT2D eigenvalue weighted by Crippen LogP contribution is 2.36. The Morgan fingerprint density at radius 3 is 2.41 bits per heavy atom. The summed E-state index contributed by atoms with van der Waals surface area (Å²) in [7, 11) is -0.363. The molecule has 0 unspecified atom stereocenters. The number of para-hydroxylation sites is 1. The van der Waals surface area contributed by atoms with E-state index in [1.165, 1.54) is 8.61 Å². The van der Waals surface area contributed by atoms with Gasteiger partial charge in [-0.25, -0.2) is 0 Å². The Bertz CT molecular complexity index is 1200. The van der Waals surface area contributed by atoms with Gasteiger partial charge >= 0.3 is 0 Å². The molecule has 32 heavy (non-hydrogen) atoms. The van der Waals surface area contributed by atoms with Crippen molar-refractivity contribution in [3.05, 3.63) is 78.0 Å². The average Bonchev–Trinajstić information content (AvgIpc) is 2.83. The highest BCUT2D eigenvalue weighted by Gasteiger charge is 2.40. The minimum absolute atomic E-state index is 0.173. The van der Waals surface area contributed by atoms with E-state index in [0.29, 0.717) is 43.6 Å². The molecule has 1 amide bonds. The van der Waals surface area contributed by atoms with E-state index in [4.69, 9.17) is 0 Å². The molecule has 1 aliphatic rings. The molecule has 7 nitrogen and oxygen atoms in total. The first-order valence-corrected chi connectivity index (χ1v) is 12.1. The Hall–Kier alpha value is -2.81. The molecule has 0 saturated carbocycles. The first kappa shape index (κ1) is 22.4. The zero-order valence-corrected chi connectivity index (χ0v) is 19.2. The minimum atomic E-state index is -3.46. The largest absolute Gasteiger partial charge is 0.351 e. The fourth-order valence-electron chi connectivity index (χ4n) is 4.37. The lowest BCUT2D eigenvalue weighted by atomic mass is 9.73. The second-order valence-electron chi connectivity index (χ2n) is 8.40. The second-order valence-corrected chi connectivity index (χ2v) is 10.5. The Morgan fingerprint density at radius 1 is 1.03 bits per heavy atom. The number of nitrogens with zero attached hydrogens (tertiary/aromatic N) is 3. The van der Waals surface area contributed by atoms with Crippen molar-refractivity contribution in [2.45, 2.75) is 18.3 Å². The van der Waals surface area contributed by atoms with Crippen LogP contribution >= 0.6 is 0 Å². The van der Waals surface area contributed by atoms with Crippen LogP contribution in [0.25, 0.3) is 10.9 Å². The van der Waals surface area contributed by atoms with Gasteiger partial charge in [-0.15, -0.1) is 0 Å². The summed E-state index contributed by atoms with van der Waals surface area (Å²) in [5.41, 5.74) is 1.98. The average molecular weight is 453 g/mol. The Labute approximate surface area is 189 Å². The Balaban J connectivity index is 1.57. The third kappa shape index (κ3) is 4.26. The van der Waals surface area contributed by atoms with Crippen molar-refractivity contribution >= 4 is 27.0 Å². The lowest BCUT2D eigenvalue weighted by Gasteiger charge is -2.42. The minimum Gasteiger partial charge on any atom is -0.351 e. The van der Waals surface area contributed by atoms with Crippen LogP contribution in [0.2, 0.25) is 0 Å². The first-order valence-electron chi connectivity index (χ1n) is 10.7. The molecule has 8 heteroatoms. The fourth-order valence-corrected chi connectivity index (χ4v) is 5.47. The molecule has 0 bridgehead atoms. The molecular weight excluding hydrogens is 424 g/mol. The summed E-state index contributed by atoms with van der Waals surface area (Å²) < 4.78 is 27.9. The Kier molecular flexibility index (Phi) is 6.28. The van der Waals surface area contributed by atoms with Crippen molar-refractivity contribution < 1.29 is 13.2 Å². The van der Waals surface area contributed by atoms with E-state index in [9.17, 15) is 13.2 Å². The second kappa shape index (κ2) is 8.97. The van der Waals surface area contributed by atoms with E-state index in [0.717, 1.165) is 10.9 Å². The van der Waals surface area contributed by atoms with Gasteiger partial charge in [-0.2, -0.15) is 17.0 Å². The number of benzene rings is 2. The number of carbonyl (C=O) groups is 1. The van der Waals surface area contributed by atoms with Gasteiger partial charge in [0.2, 0.25) is 0 Å². The summed E-state index contributed by atoms with van der Waals surface area (Å²) in [4.78, 5) is 17.5. The van der Waals surface area contributed by atoms with Gasteiger partial charge in [0.1, 0.15) is 0 Å². The van der Waals surface area contributed by atoms with E-state index in [1.807, 2.05) is 42.5 Å². The van der Waals surface area contributed by atoms with Gasteiger partial charge in [0.25, 0.3) is 16.1 Å². The number of pyridine rings is 1. The van der Waals surface area contributed by atoms with Crippen LogP contribution in [-0.2, 0) is 15.6 Å². The number of carbonyl (C=O) groups excluding carboxylic acids is 1. The lowest BCUT2D eigenvalue weighted by Crippen LogP contribution is -2.52. The fraction of sp³-hybridized carbons (Fsp3) is 0.333. The summed E-state index contributed by atoms with van der Waals surface area (Å²) >= 11 is 0. The standard InChI is InChI=1S/C24H28N4O3S/c1-27(2)32(30,31)28-16-13-24(14-17-28,20-10-4-3-5-11-20)18-26-23(29)21-12-6-8-19-9-7-15-25-22(19)21/h3-12,15H,13-14,16-18H2,1-2H3,(H,26,29). The van der Waals surface area contributed by atoms with Gasteiger partial charge in [0.15, 0.2) is 0 Å². The molecule has 1 aromatic heterocycles. The van der Waals surface area contributed by atoms with Gasteiger partial charge in [-0.3, -0.25) is 9.78 Å². The van der Waals surface area contributed by atoms with Crippen molar-refractivity contribution in [1.82, 2.24) is 18.9 Å². The highest BCUT2D eigenvalue weighted by atomic mass is 32.2. The summed E-state index contributed by atoms with van der Waals surface area (Å²) in [6.07, 6.45) is 2.93. The van der Waals surface area contributed by atoms with E-state index in [2.05, 4.69) is 22.4 Å². The Morgan fingerprint density at radius 2 is 1.72 bits per heavy atom. The van der Waals surface area contributed by atoms with Crippen LogP contribution in [0, 0.1) is 0 Å². The zero-order chi connectivity index (χ0) is 22.8. The van der Waals surface area contributed by atoms with Crippen LogP contribution in [-0.4, -0.2) is 61.6 Å². The van der Waals surface area contributed by atoms with Gasteiger partial charge < -0.3 is 5.32 Å². The van der Waals surface area contributed by atoms with Crippen molar-refractivity contribution in [3.63, 3.8) is 0 Å². The maximum absolute atomic E-state index is 13.1. The van der Waals surface area contributed by atoms with Crippen LogP contribution in [0.1, 0.15) is 28.8 Å². The first-order chi connectivity index (χ1) is 15.3. The number of fused-ring (bicyclic) bond motifs is 1. The third-order valence-electron chi connectivity index (χ3n) is 6.32. The van der Waals surface area contributed by atoms with Crippen LogP contribution in [0.15, 0.2) is 66.9 Å². The molecule has 2 aromatic carbocycles. The summed E-state index contributed by atoms with van der Waals surface area (Å²) in [5, 5.41) is 4.04. The maximum Gasteiger partial charge on any atom is 0.281 e. The van der Waals surface area contributed by atoms with Gasteiger partial charge in [0, 0.05) is 50.7 Å². The van der Waals surface area contributed by atoms with Crippen LogP contribution in [0.5, 0.6) is 0 Å². The number of rotatable bonds is 6. The molecule has 4 rings (SSSR count). The van der Waals surface area contributed by atoms with Crippen LogP contribution < -0.4 is 5.32 Å². The van der Waals surface area contributed by atoms with Crippen molar-refractivity contribution in [1.29, 1.82) is 0 Å². The number of piperidine rings is 1. The SMILES string of the molecule is CN(C)S(=O)(=O)N1CCC(CNC(=O)c2cccc3cccnc23)(c2ccccc2)CC1. The molecule has 1 saturated heterocycles. The highest BCUT2D eigenvalue weighted by molar-refractivity contribution is 7.86. The molecule has 0 atom stereocenters. The molecule has 168 valence electrons. The predicted octanol–water partition coefficient (Wildman–Crippen LogP) is 2.80. The van der Waals surface area contributed by atoms with E-state index in [1.54, 1.807) is 26.4 Å². The molecule has 0 spiro atoms. The number of amides is 1. The van der Waals surface area contributed by atoms with E-state index in [-0.39, 0.29) is 11.3 Å². The quantitative estimate of drug-likeness (QED) is 0.624. The number of nitrogens with one attached hydrogen (secondary N) is 1.